The van der Waals surface area contributed by atoms with Crippen molar-refractivity contribution < 1.29 is 9.59 Å². The van der Waals surface area contributed by atoms with Gasteiger partial charge in [0.1, 0.15) is 0 Å². The highest BCUT2D eigenvalue weighted by Crippen LogP contribution is 2.32. The molecule has 2 aromatic carbocycles. The van der Waals surface area contributed by atoms with Crippen LogP contribution in [-0.4, -0.2) is 11.7 Å². The zero-order valence-corrected chi connectivity index (χ0v) is 13.0. The molecule has 1 N–H and O–H groups in total. The molecule has 4 heteroatoms. The minimum absolute atomic E-state index is 0.0289. The van der Waals surface area contributed by atoms with E-state index in [1.165, 1.54) is 13.0 Å². The highest BCUT2D eigenvalue weighted by molar-refractivity contribution is 6.01. The molecule has 0 aliphatic carbocycles. The molecule has 0 aromatic heterocycles. The van der Waals surface area contributed by atoms with E-state index < -0.39 is 0 Å². The first kappa shape index (κ1) is 15.0. The van der Waals surface area contributed by atoms with Gasteiger partial charge >= 0.3 is 0 Å². The molecule has 0 saturated heterocycles. The number of anilines is 2. The van der Waals surface area contributed by atoms with Gasteiger partial charge in [0, 0.05) is 11.8 Å². The normalized spacial score (nSPS) is 15.8. The monoisotopic (exact) mass is 306 g/mol. The second kappa shape index (κ2) is 6.48. The van der Waals surface area contributed by atoms with Gasteiger partial charge in [-0.2, -0.15) is 0 Å². The summed E-state index contributed by atoms with van der Waals surface area (Å²) >= 11 is 0. The highest BCUT2D eigenvalue weighted by atomic mass is 16.2. The Morgan fingerprint density at radius 1 is 1.13 bits per heavy atom. The predicted octanol–water partition coefficient (Wildman–Crippen LogP) is 3.51. The summed E-state index contributed by atoms with van der Waals surface area (Å²) in [6.45, 7) is 1.99. The molecule has 1 aliphatic heterocycles. The van der Waals surface area contributed by atoms with Crippen LogP contribution >= 0.6 is 0 Å². The van der Waals surface area contributed by atoms with Crippen LogP contribution < -0.4 is 10.2 Å². The number of rotatable bonds is 3. The number of nitrogens with one attached hydrogen (secondary N) is 1. The van der Waals surface area contributed by atoms with Gasteiger partial charge in [-0.05, 0) is 24.6 Å². The van der Waals surface area contributed by atoms with Crippen LogP contribution in [0.5, 0.6) is 0 Å². The molecular formula is C19H18N2O2. The summed E-state index contributed by atoms with van der Waals surface area (Å²) in [6.07, 6.45) is 1.67. The zero-order chi connectivity index (χ0) is 16.2. The van der Waals surface area contributed by atoms with Crippen molar-refractivity contribution in [2.24, 2.45) is 0 Å². The van der Waals surface area contributed by atoms with Crippen LogP contribution in [0, 0.1) is 0 Å². The number of carbonyl (C=O) groups excluding carboxylic acids is 2. The van der Waals surface area contributed by atoms with Crippen molar-refractivity contribution in [3.05, 3.63) is 71.9 Å². The van der Waals surface area contributed by atoms with Crippen LogP contribution in [0.4, 0.5) is 11.4 Å². The number of fused-ring (bicyclic) bond motifs is 1. The molecule has 0 unspecified atom stereocenters. The van der Waals surface area contributed by atoms with Crippen molar-refractivity contribution in [3.8, 4) is 0 Å². The third-order valence-electron chi connectivity index (χ3n) is 3.69. The third kappa shape index (κ3) is 3.48. The van der Waals surface area contributed by atoms with E-state index in [0.29, 0.717) is 12.2 Å². The summed E-state index contributed by atoms with van der Waals surface area (Å²) in [5.41, 5.74) is 3.36. The molecule has 2 aromatic rings. The number of hydrogen-bond acceptors (Lipinski definition) is 3. The van der Waals surface area contributed by atoms with Crippen molar-refractivity contribution >= 4 is 23.1 Å². The first-order valence-electron chi connectivity index (χ1n) is 7.55. The van der Waals surface area contributed by atoms with Crippen molar-refractivity contribution in [1.82, 2.24) is 0 Å². The second-order valence-electron chi connectivity index (χ2n) is 5.56. The molecule has 4 nitrogen and oxygen atoms in total. The molecule has 0 atom stereocenters. The zero-order valence-electron chi connectivity index (χ0n) is 13.0. The molecule has 0 saturated carbocycles. The summed E-state index contributed by atoms with van der Waals surface area (Å²) in [6, 6.07) is 17.5. The standard InChI is InChI=1S/C19H18N2O2/c1-14(22)11-16-12-19(23)21(13-15-7-3-2-4-8-15)18-10-6-5-9-17(18)20-16/h2-11,20H,12-13H2,1H3/b16-11-. The minimum Gasteiger partial charge on any atom is -0.357 e. The summed E-state index contributed by atoms with van der Waals surface area (Å²) in [5.74, 6) is -0.104. The number of ketones is 1. The molecule has 0 spiro atoms. The second-order valence-corrected chi connectivity index (χ2v) is 5.56. The molecule has 1 aliphatic rings. The minimum atomic E-state index is -0.0747. The van der Waals surface area contributed by atoms with E-state index in [-0.39, 0.29) is 18.1 Å². The van der Waals surface area contributed by atoms with Gasteiger partial charge in [0.05, 0.1) is 24.3 Å². The Bertz CT molecular complexity index is 766. The van der Waals surface area contributed by atoms with E-state index in [4.69, 9.17) is 0 Å². The third-order valence-corrected chi connectivity index (χ3v) is 3.69. The van der Waals surface area contributed by atoms with Gasteiger partial charge in [0.15, 0.2) is 5.78 Å². The maximum atomic E-state index is 12.7. The molecule has 0 radical (unpaired) electrons. The first-order chi connectivity index (χ1) is 11.1. The Labute approximate surface area is 135 Å². The molecule has 1 heterocycles. The van der Waals surface area contributed by atoms with E-state index >= 15 is 0 Å². The van der Waals surface area contributed by atoms with E-state index in [0.717, 1.165) is 16.9 Å². The van der Waals surface area contributed by atoms with Crippen molar-refractivity contribution in [2.45, 2.75) is 19.9 Å². The number of para-hydroxylation sites is 2. The van der Waals surface area contributed by atoms with Crippen LogP contribution in [0.3, 0.4) is 0 Å². The summed E-state index contributed by atoms with van der Waals surface area (Å²) in [5, 5.41) is 3.21. The lowest BCUT2D eigenvalue weighted by Crippen LogP contribution is -2.29. The van der Waals surface area contributed by atoms with E-state index in [1.54, 1.807) is 4.90 Å². The van der Waals surface area contributed by atoms with E-state index in [9.17, 15) is 9.59 Å². The van der Waals surface area contributed by atoms with Crippen LogP contribution in [0.2, 0.25) is 0 Å². The Hall–Kier alpha value is -2.88. The Morgan fingerprint density at radius 2 is 1.83 bits per heavy atom. The largest absolute Gasteiger partial charge is 0.357 e. The van der Waals surface area contributed by atoms with Gasteiger partial charge < -0.3 is 10.2 Å². The Balaban J connectivity index is 1.99. The number of benzene rings is 2. The molecule has 3 rings (SSSR count). The Kier molecular flexibility index (Phi) is 4.24. The van der Waals surface area contributed by atoms with Gasteiger partial charge in [0.2, 0.25) is 5.91 Å². The number of carbonyl (C=O) groups is 2. The fraction of sp³-hybridized carbons (Fsp3) is 0.158. The number of allylic oxidation sites excluding steroid dienone is 1. The highest BCUT2D eigenvalue weighted by Gasteiger charge is 2.24. The number of amides is 1. The fourth-order valence-electron chi connectivity index (χ4n) is 2.70. The lowest BCUT2D eigenvalue weighted by atomic mass is 10.1. The van der Waals surface area contributed by atoms with Gasteiger partial charge in [-0.3, -0.25) is 9.59 Å². The molecule has 0 fully saturated rings. The van der Waals surface area contributed by atoms with Crippen molar-refractivity contribution in [2.75, 3.05) is 10.2 Å². The summed E-state index contributed by atoms with van der Waals surface area (Å²) in [4.78, 5) is 25.8. The maximum Gasteiger partial charge on any atom is 0.233 e. The van der Waals surface area contributed by atoms with E-state index in [2.05, 4.69) is 5.32 Å². The van der Waals surface area contributed by atoms with Crippen molar-refractivity contribution in [3.63, 3.8) is 0 Å². The smallest absolute Gasteiger partial charge is 0.233 e. The lowest BCUT2D eigenvalue weighted by Gasteiger charge is -2.22. The summed E-state index contributed by atoms with van der Waals surface area (Å²) < 4.78 is 0. The topological polar surface area (TPSA) is 49.4 Å². The van der Waals surface area contributed by atoms with Crippen LogP contribution in [0.15, 0.2) is 66.4 Å². The number of hydrogen-bond donors (Lipinski definition) is 1. The molecule has 1 amide bonds. The van der Waals surface area contributed by atoms with Gasteiger partial charge in [-0.15, -0.1) is 0 Å². The lowest BCUT2D eigenvalue weighted by molar-refractivity contribution is -0.118. The first-order valence-corrected chi connectivity index (χ1v) is 7.55. The van der Waals surface area contributed by atoms with Gasteiger partial charge in [-0.1, -0.05) is 42.5 Å². The average molecular weight is 306 g/mol. The Morgan fingerprint density at radius 3 is 2.57 bits per heavy atom. The van der Waals surface area contributed by atoms with Gasteiger partial charge in [-0.25, -0.2) is 0 Å². The SMILES string of the molecule is CC(=O)/C=C1/CC(=O)N(Cc2ccccc2)c2ccccc2N1. The molecule has 116 valence electrons. The van der Waals surface area contributed by atoms with Crippen LogP contribution in [0.25, 0.3) is 0 Å². The maximum absolute atomic E-state index is 12.7. The fourth-order valence-corrected chi connectivity index (χ4v) is 2.70. The predicted molar refractivity (Wildman–Crippen MR) is 91.1 cm³/mol. The molecular weight excluding hydrogens is 288 g/mol. The molecule has 0 bridgehead atoms. The van der Waals surface area contributed by atoms with Gasteiger partial charge in [0.25, 0.3) is 0 Å². The quantitative estimate of drug-likeness (QED) is 0.883. The molecule has 23 heavy (non-hydrogen) atoms. The summed E-state index contributed by atoms with van der Waals surface area (Å²) in [7, 11) is 0. The van der Waals surface area contributed by atoms with E-state index in [1.807, 2.05) is 54.6 Å². The average Bonchev–Trinajstić information content (AvgIpc) is 2.65. The van der Waals surface area contributed by atoms with Crippen LogP contribution in [0.1, 0.15) is 18.9 Å². The number of nitrogens with zero attached hydrogens (tertiary/aromatic N) is 1. The van der Waals surface area contributed by atoms with Crippen LogP contribution in [-0.2, 0) is 16.1 Å². The van der Waals surface area contributed by atoms with Crippen molar-refractivity contribution in [1.29, 1.82) is 0 Å².